The van der Waals surface area contributed by atoms with Crippen molar-refractivity contribution in [2.45, 2.75) is 79.2 Å². The Hall–Kier alpha value is -3.22. The van der Waals surface area contributed by atoms with Crippen LogP contribution < -0.4 is 9.47 Å². The van der Waals surface area contributed by atoms with Crippen molar-refractivity contribution < 1.29 is 33.4 Å². The van der Waals surface area contributed by atoms with Gasteiger partial charge < -0.3 is 14.2 Å². The molecule has 0 N–H and O–H groups in total. The number of aryl methyl sites for hydroxylation is 1. The second kappa shape index (κ2) is 11.8. The lowest BCUT2D eigenvalue weighted by molar-refractivity contribution is -0.146. The highest BCUT2D eigenvalue weighted by molar-refractivity contribution is 5.96. The highest BCUT2D eigenvalue weighted by Crippen LogP contribution is 2.47. The maximum atomic E-state index is 12.4. The molecule has 0 radical (unpaired) electrons. The summed E-state index contributed by atoms with van der Waals surface area (Å²) in [6.07, 6.45) is 3.56. The van der Waals surface area contributed by atoms with E-state index < -0.39 is 11.9 Å². The van der Waals surface area contributed by atoms with Gasteiger partial charge in [-0.2, -0.15) is 0 Å². The van der Waals surface area contributed by atoms with Crippen molar-refractivity contribution in [1.29, 1.82) is 0 Å². The van der Waals surface area contributed by atoms with Gasteiger partial charge in [0.2, 0.25) is 0 Å². The molecule has 0 aliphatic heterocycles. The summed E-state index contributed by atoms with van der Waals surface area (Å²) < 4.78 is 16.5. The van der Waals surface area contributed by atoms with E-state index in [2.05, 4.69) is 6.58 Å². The van der Waals surface area contributed by atoms with E-state index >= 15 is 0 Å². The molecule has 0 bridgehead atoms. The van der Waals surface area contributed by atoms with Crippen molar-refractivity contribution in [3.05, 3.63) is 47.1 Å². The second-order valence-electron chi connectivity index (χ2n) is 8.83. The SMILES string of the molecule is C=C(C)[C@@H]1CC(=O)C(C)=C[C@H]1c1c(OC(C)=O)cc(CCC(CC)OC(C)=O)cc1OC(C)=O. The van der Waals surface area contributed by atoms with E-state index in [0.29, 0.717) is 30.4 Å². The zero-order chi connectivity index (χ0) is 25.6. The minimum absolute atomic E-state index is 0.0278. The molecule has 0 heterocycles. The number of hydrogen-bond acceptors (Lipinski definition) is 7. The van der Waals surface area contributed by atoms with Gasteiger partial charge in [-0.25, -0.2) is 0 Å². The Balaban J connectivity index is 2.62. The molecule has 1 aliphatic carbocycles. The number of carbonyl (C=O) groups is 4. The quantitative estimate of drug-likeness (QED) is 0.284. The number of rotatable bonds is 9. The van der Waals surface area contributed by atoms with E-state index in [1.165, 1.54) is 20.8 Å². The first kappa shape index (κ1) is 27.0. The van der Waals surface area contributed by atoms with E-state index in [-0.39, 0.29) is 47.6 Å². The predicted molar refractivity (Wildman–Crippen MR) is 128 cm³/mol. The third-order valence-corrected chi connectivity index (χ3v) is 5.89. The summed E-state index contributed by atoms with van der Waals surface area (Å²) in [4.78, 5) is 47.7. The molecule has 0 amide bonds. The molecule has 7 heteroatoms. The van der Waals surface area contributed by atoms with Crippen LogP contribution in [0.5, 0.6) is 11.5 Å². The maximum Gasteiger partial charge on any atom is 0.308 e. The Kier molecular flexibility index (Phi) is 9.36. The molecule has 0 aromatic heterocycles. The Morgan fingerprint density at radius 3 is 2.03 bits per heavy atom. The summed E-state index contributed by atoms with van der Waals surface area (Å²) in [5.41, 5.74) is 2.70. The highest BCUT2D eigenvalue weighted by Gasteiger charge is 2.35. The average Bonchev–Trinajstić information content (AvgIpc) is 2.71. The largest absolute Gasteiger partial charge is 0.463 e. The maximum absolute atomic E-state index is 12.4. The molecular weight excluding hydrogens is 436 g/mol. The minimum Gasteiger partial charge on any atom is -0.463 e. The molecule has 184 valence electrons. The zero-order valence-electron chi connectivity index (χ0n) is 20.9. The van der Waals surface area contributed by atoms with E-state index in [0.717, 1.165) is 11.1 Å². The molecule has 1 aliphatic rings. The molecule has 1 aromatic rings. The van der Waals surface area contributed by atoms with Crippen LogP contribution in [0.1, 0.15) is 77.8 Å². The standard InChI is InChI=1S/C27H34O7/c1-8-21(32-17(5)28)10-9-20-12-25(33-18(6)29)27(26(13-20)34-19(7)30)23-11-16(4)24(31)14-22(23)15(2)3/h11-13,21-23H,2,8-10,14H2,1,3-7H3/t21?,22-,23+/m0/s1. The fourth-order valence-corrected chi connectivity index (χ4v) is 4.25. The van der Waals surface area contributed by atoms with Crippen LogP contribution in [0.3, 0.4) is 0 Å². The molecule has 3 atom stereocenters. The van der Waals surface area contributed by atoms with Gasteiger partial charge in [0.05, 0.1) is 0 Å². The molecule has 0 saturated heterocycles. The summed E-state index contributed by atoms with van der Waals surface area (Å²) in [5, 5.41) is 0. The smallest absolute Gasteiger partial charge is 0.308 e. The van der Waals surface area contributed by atoms with E-state index in [1.54, 1.807) is 19.1 Å². The lowest BCUT2D eigenvalue weighted by Crippen LogP contribution is -2.24. The predicted octanol–water partition coefficient (Wildman–Crippen LogP) is 5.01. The molecular formula is C27H34O7. The van der Waals surface area contributed by atoms with Crippen LogP contribution in [0.4, 0.5) is 0 Å². The molecule has 7 nitrogen and oxygen atoms in total. The van der Waals surface area contributed by atoms with Crippen LogP contribution >= 0.6 is 0 Å². The van der Waals surface area contributed by atoms with Crippen LogP contribution in [0, 0.1) is 5.92 Å². The number of ether oxygens (including phenoxy) is 3. The number of Topliss-reactive ketones (excluding diaryl/α,β-unsaturated/α-hetero) is 1. The second-order valence-corrected chi connectivity index (χ2v) is 8.83. The third kappa shape index (κ3) is 7.14. The van der Waals surface area contributed by atoms with Crippen LogP contribution in [0.25, 0.3) is 0 Å². The fourth-order valence-electron chi connectivity index (χ4n) is 4.25. The van der Waals surface area contributed by atoms with Gasteiger partial charge in [0.1, 0.15) is 17.6 Å². The van der Waals surface area contributed by atoms with Crippen LogP contribution in [-0.4, -0.2) is 29.8 Å². The molecule has 0 spiro atoms. The van der Waals surface area contributed by atoms with Crippen molar-refractivity contribution in [2.75, 3.05) is 0 Å². The van der Waals surface area contributed by atoms with E-state index in [9.17, 15) is 19.2 Å². The van der Waals surface area contributed by atoms with Gasteiger partial charge in [-0.3, -0.25) is 19.2 Å². The van der Waals surface area contributed by atoms with E-state index in [4.69, 9.17) is 14.2 Å². The Bertz CT molecular complexity index is 981. The van der Waals surface area contributed by atoms with Gasteiger partial charge in [-0.15, -0.1) is 0 Å². The summed E-state index contributed by atoms with van der Waals surface area (Å²) in [5.74, 6) is -1.40. The van der Waals surface area contributed by atoms with Gasteiger partial charge in [-0.05, 0) is 62.3 Å². The van der Waals surface area contributed by atoms with Gasteiger partial charge in [0, 0.05) is 38.7 Å². The molecule has 1 unspecified atom stereocenters. The van der Waals surface area contributed by atoms with Crippen molar-refractivity contribution in [3.8, 4) is 11.5 Å². The number of allylic oxidation sites excluding steroid dienone is 3. The lowest BCUT2D eigenvalue weighted by Gasteiger charge is -2.32. The first-order valence-electron chi connectivity index (χ1n) is 11.5. The molecule has 34 heavy (non-hydrogen) atoms. The van der Waals surface area contributed by atoms with Gasteiger partial charge in [0.15, 0.2) is 5.78 Å². The number of ketones is 1. The highest BCUT2D eigenvalue weighted by atomic mass is 16.5. The van der Waals surface area contributed by atoms with Gasteiger partial charge in [-0.1, -0.05) is 25.2 Å². The first-order valence-corrected chi connectivity index (χ1v) is 11.5. The zero-order valence-corrected chi connectivity index (χ0v) is 20.9. The number of benzene rings is 1. The summed E-state index contributed by atoms with van der Waals surface area (Å²) >= 11 is 0. The van der Waals surface area contributed by atoms with Crippen LogP contribution in [0.2, 0.25) is 0 Å². The number of carbonyl (C=O) groups excluding carboxylic acids is 4. The third-order valence-electron chi connectivity index (χ3n) is 5.89. The lowest BCUT2D eigenvalue weighted by atomic mass is 9.73. The number of esters is 3. The Morgan fingerprint density at radius 1 is 1.03 bits per heavy atom. The van der Waals surface area contributed by atoms with Gasteiger partial charge >= 0.3 is 17.9 Å². The van der Waals surface area contributed by atoms with Crippen molar-refractivity contribution in [1.82, 2.24) is 0 Å². The molecule has 0 saturated carbocycles. The summed E-state index contributed by atoms with van der Waals surface area (Å²) in [6.45, 7) is 13.6. The van der Waals surface area contributed by atoms with Crippen molar-refractivity contribution in [2.24, 2.45) is 5.92 Å². The molecule has 0 fully saturated rings. The normalized spacial score (nSPS) is 18.5. The monoisotopic (exact) mass is 470 g/mol. The summed E-state index contributed by atoms with van der Waals surface area (Å²) in [6, 6.07) is 3.50. The number of hydrogen-bond donors (Lipinski definition) is 0. The molecule has 2 rings (SSSR count). The minimum atomic E-state index is -0.516. The topological polar surface area (TPSA) is 96.0 Å². The summed E-state index contributed by atoms with van der Waals surface area (Å²) in [7, 11) is 0. The van der Waals surface area contributed by atoms with E-state index in [1.807, 2.05) is 19.9 Å². The molecule has 1 aromatic carbocycles. The Labute approximate surface area is 201 Å². The van der Waals surface area contributed by atoms with Gasteiger partial charge in [0.25, 0.3) is 0 Å². The average molecular weight is 471 g/mol. The van der Waals surface area contributed by atoms with Crippen molar-refractivity contribution >= 4 is 23.7 Å². The van der Waals surface area contributed by atoms with Crippen LogP contribution in [-0.2, 0) is 30.3 Å². The fraction of sp³-hybridized carbons (Fsp3) is 0.481. The first-order chi connectivity index (χ1) is 15.9. The van der Waals surface area contributed by atoms with Crippen molar-refractivity contribution in [3.63, 3.8) is 0 Å². The Morgan fingerprint density at radius 2 is 1.59 bits per heavy atom. The van der Waals surface area contributed by atoms with Crippen LogP contribution in [0.15, 0.2) is 35.9 Å².